The first kappa shape index (κ1) is 17.4. The van der Waals surface area contributed by atoms with Gasteiger partial charge in [0.05, 0.1) is 0 Å². The molecule has 0 saturated heterocycles. The average molecular weight is 423 g/mol. The van der Waals surface area contributed by atoms with Crippen LogP contribution in [0.3, 0.4) is 0 Å². The molecule has 0 fully saturated rings. The SMILES string of the molecule is O=C1CCC=C1P(Br)(c1ccccc1)(c1ccccc1)c1ccccc1. The van der Waals surface area contributed by atoms with Gasteiger partial charge in [-0.3, -0.25) is 0 Å². The van der Waals surface area contributed by atoms with Crippen LogP contribution in [0.15, 0.2) is 102 Å². The molecular weight excluding hydrogens is 403 g/mol. The predicted octanol–water partition coefficient (Wildman–Crippen LogP) is 5.07. The number of hydrogen-bond donors (Lipinski definition) is 0. The van der Waals surface area contributed by atoms with E-state index in [9.17, 15) is 4.79 Å². The Morgan fingerprint density at radius 2 is 1.04 bits per heavy atom. The first-order valence-electron chi connectivity index (χ1n) is 8.80. The summed E-state index contributed by atoms with van der Waals surface area (Å²) < 4.78 is 0. The summed E-state index contributed by atoms with van der Waals surface area (Å²) in [6.07, 6.45) is 3.55. The van der Waals surface area contributed by atoms with Crippen molar-refractivity contribution in [1.82, 2.24) is 0 Å². The van der Waals surface area contributed by atoms with Crippen LogP contribution in [0.2, 0.25) is 0 Å². The second-order valence-electron chi connectivity index (χ2n) is 6.57. The second-order valence-corrected chi connectivity index (χ2v) is 14.9. The normalized spacial score (nSPS) is 16.0. The van der Waals surface area contributed by atoms with Crippen LogP contribution in [0.25, 0.3) is 0 Å². The maximum atomic E-state index is 13.1. The summed E-state index contributed by atoms with van der Waals surface area (Å²) in [5.41, 5.74) is 0. The van der Waals surface area contributed by atoms with E-state index in [4.69, 9.17) is 0 Å². The molecule has 0 atom stereocenters. The summed E-state index contributed by atoms with van der Waals surface area (Å²) in [6, 6.07) is 31.3. The van der Waals surface area contributed by atoms with Crippen molar-refractivity contribution in [2.24, 2.45) is 0 Å². The van der Waals surface area contributed by atoms with Gasteiger partial charge in [-0.15, -0.1) is 0 Å². The number of rotatable bonds is 4. The zero-order valence-corrected chi connectivity index (χ0v) is 16.9. The molecule has 0 saturated carbocycles. The second kappa shape index (κ2) is 6.61. The third-order valence-electron chi connectivity index (χ3n) is 5.17. The first-order valence-corrected chi connectivity index (χ1v) is 13.1. The van der Waals surface area contributed by atoms with Crippen LogP contribution in [-0.2, 0) is 4.79 Å². The number of Topliss-reactive ketones (excluding diaryl/α,β-unsaturated/α-hetero) is 1. The van der Waals surface area contributed by atoms with Crippen LogP contribution in [0.5, 0.6) is 0 Å². The van der Waals surface area contributed by atoms with Crippen LogP contribution in [0, 0.1) is 0 Å². The van der Waals surface area contributed by atoms with Crippen molar-refractivity contribution < 1.29 is 4.79 Å². The Bertz CT molecular complexity index is 865. The molecule has 130 valence electrons. The molecule has 0 radical (unpaired) electrons. The molecule has 1 aliphatic carbocycles. The van der Waals surface area contributed by atoms with E-state index in [1.165, 1.54) is 0 Å². The first-order chi connectivity index (χ1) is 12.7. The number of allylic oxidation sites excluding steroid dienone is 2. The summed E-state index contributed by atoms with van der Waals surface area (Å²) >= 11 is 4.33. The monoisotopic (exact) mass is 422 g/mol. The molecule has 0 spiro atoms. The van der Waals surface area contributed by atoms with Crippen molar-refractivity contribution in [3.63, 3.8) is 0 Å². The predicted molar refractivity (Wildman–Crippen MR) is 116 cm³/mol. The fourth-order valence-corrected chi connectivity index (χ4v) is 12.1. The summed E-state index contributed by atoms with van der Waals surface area (Å²) in [5.74, 6) is 0.246. The molecule has 1 aliphatic rings. The van der Waals surface area contributed by atoms with Crippen LogP contribution in [0.4, 0.5) is 0 Å². The molecule has 3 aromatic rings. The number of benzene rings is 3. The average Bonchev–Trinajstić information content (AvgIpc) is 3.16. The molecular formula is C23H20BrOP. The van der Waals surface area contributed by atoms with Gasteiger partial charge in [-0.2, -0.15) is 0 Å². The van der Waals surface area contributed by atoms with Gasteiger partial charge in [0, 0.05) is 0 Å². The third-order valence-corrected chi connectivity index (χ3v) is 15.1. The Hall–Kier alpha value is -2.02. The van der Waals surface area contributed by atoms with Gasteiger partial charge in [0.15, 0.2) is 0 Å². The quantitative estimate of drug-likeness (QED) is 0.536. The molecule has 0 unspecified atom stereocenters. The fraction of sp³-hybridized carbons (Fsp3) is 0.0870. The molecule has 0 heterocycles. The van der Waals surface area contributed by atoms with Crippen molar-refractivity contribution in [3.05, 3.63) is 102 Å². The minimum absolute atomic E-state index is 0.246. The minimum atomic E-state index is -3.25. The number of hydrogen-bond acceptors (Lipinski definition) is 1. The van der Waals surface area contributed by atoms with Gasteiger partial charge >= 0.3 is 163 Å². The van der Waals surface area contributed by atoms with Crippen molar-refractivity contribution >= 4 is 42.5 Å². The molecule has 0 bridgehead atoms. The molecule has 0 amide bonds. The van der Waals surface area contributed by atoms with Gasteiger partial charge < -0.3 is 0 Å². The Labute approximate surface area is 162 Å². The Morgan fingerprint density at radius 1 is 0.654 bits per heavy atom. The van der Waals surface area contributed by atoms with Crippen LogP contribution in [-0.4, -0.2) is 5.78 Å². The van der Waals surface area contributed by atoms with Crippen molar-refractivity contribution in [3.8, 4) is 0 Å². The fourth-order valence-electron chi connectivity index (χ4n) is 3.98. The summed E-state index contributed by atoms with van der Waals surface area (Å²) in [6.45, 7) is 0. The van der Waals surface area contributed by atoms with Crippen LogP contribution in [0.1, 0.15) is 12.8 Å². The van der Waals surface area contributed by atoms with E-state index in [0.29, 0.717) is 6.42 Å². The van der Waals surface area contributed by atoms with Gasteiger partial charge in [0.25, 0.3) is 0 Å². The standard InChI is InChI=1S/C23H20BrOP/c24-26(19-11-4-1-5-12-19,20-13-6-2-7-14-20,21-15-8-3-9-16-21)23-18-10-17-22(23)25/h1-9,11-16,18H,10,17H2. The number of halogens is 1. The third kappa shape index (κ3) is 2.36. The van der Waals surface area contributed by atoms with E-state index in [2.05, 4.69) is 94.4 Å². The topological polar surface area (TPSA) is 17.1 Å². The van der Waals surface area contributed by atoms with Crippen molar-refractivity contribution in [1.29, 1.82) is 0 Å². The van der Waals surface area contributed by atoms with E-state index < -0.39 is 5.31 Å². The Balaban J connectivity index is 2.21. The van der Waals surface area contributed by atoms with Gasteiger partial charge in [-0.25, -0.2) is 0 Å². The molecule has 0 aromatic heterocycles. The number of carbonyl (C=O) groups excluding carboxylic acids is 1. The molecule has 1 nitrogen and oxygen atoms in total. The Kier molecular flexibility index (Phi) is 4.42. The van der Waals surface area contributed by atoms with Gasteiger partial charge in [-0.1, -0.05) is 0 Å². The van der Waals surface area contributed by atoms with Crippen molar-refractivity contribution in [2.45, 2.75) is 12.8 Å². The summed E-state index contributed by atoms with van der Waals surface area (Å²) in [7, 11) is 0. The van der Waals surface area contributed by atoms with E-state index in [-0.39, 0.29) is 5.78 Å². The van der Waals surface area contributed by atoms with Gasteiger partial charge in [0.1, 0.15) is 0 Å². The van der Waals surface area contributed by atoms with Crippen molar-refractivity contribution in [2.75, 3.05) is 0 Å². The summed E-state index contributed by atoms with van der Waals surface area (Å²) in [5, 5.41) is 1.18. The molecule has 3 heteroatoms. The molecule has 26 heavy (non-hydrogen) atoms. The van der Waals surface area contributed by atoms with E-state index in [1.807, 2.05) is 18.2 Å². The number of carbonyl (C=O) groups is 1. The van der Waals surface area contributed by atoms with Crippen LogP contribution < -0.4 is 15.9 Å². The van der Waals surface area contributed by atoms with E-state index >= 15 is 0 Å². The Morgan fingerprint density at radius 3 is 1.35 bits per heavy atom. The van der Waals surface area contributed by atoms with E-state index in [0.717, 1.165) is 27.6 Å². The molecule has 0 aliphatic heterocycles. The zero-order chi connectivity index (χ0) is 18.1. The molecule has 3 aromatic carbocycles. The number of ketones is 1. The molecule has 4 rings (SSSR count). The summed E-state index contributed by atoms with van der Waals surface area (Å²) in [4.78, 5) is 13.1. The van der Waals surface area contributed by atoms with Crippen LogP contribution >= 0.6 is 20.8 Å². The maximum absolute atomic E-state index is 13.1. The van der Waals surface area contributed by atoms with Gasteiger partial charge in [0.2, 0.25) is 0 Å². The molecule has 0 N–H and O–H groups in total. The zero-order valence-electron chi connectivity index (χ0n) is 14.4. The van der Waals surface area contributed by atoms with E-state index in [1.54, 1.807) is 0 Å². The van der Waals surface area contributed by atoms with Gasteiger partial charge in [-0.05, 0) is 0 Å².